The molecule has 27 heavy (non-hydrogen) atoms. The van der Waals surface area contributed by atoms with Gasteiger partial charge in [-0.3, -0.25) is 0 Å². The van der Waals surface area contributed by atoms with E-state index in [4.69, 9.17) is 4.74 Å². The van der Waals surface area contributed by atoms with Gasteiger partial charge in [-0.15, -0.1) is 22.7 Å². The summed E-state index contributed by atoms with van der Waals surface area (Å²) in [5, 5.41) is 18.4. The average molecular weight is 389 g/mol. The van der Waals surface area contributed by atoms with E-state index < -0.39 is 0 Å². The third-order valence-electron chi connectivity index (χ3n) is 3.69. The molecular formula is C22H16N2OS2. The van der Waals surface area contributed by atoms with Crippen LogP contribution < -0.4 is 0 Å². The van der Waals surface area contributed by atoms with E-state index in [0.29, 0.717) is 17.1 Å². The van der Waals surface area contributed by atoms with E-state index in [0.717, 1.165) is 9.75 Å². The fourth-order valence-corrected chi connectivity index (χ4v) is 3.98. The highest BCUT2D eigenvalue weighted by molar-refractivity contribution is 7.13. The molecule has 0 aliphatic carbocycles. The molecule has 0 N–H and O–H groups in total. The lowest BCUT2D eigenvalue weighted by molar-refractivity contribution is 0.332. The van der Waals surface area contributed by atoms with Crippen molar-refractivity contribution in [2.24, 2.45) is 0 Å². The van der Waals surface area contributed by atoms with Crippen molar-refractivity contribution in [1.82, 2.24) is 0 Å². The van der Waals surface area contributed by atoms with Crippen molar-refractivity contribution >= 4 is 34.8 Å². The molecule has 3 nitrogen and oxygen atoms in total. The highest BCUT2D eigenvalue weighted by Gasteiger charge is 2.12. The van der Waals surface area contributed by atoms with Gasteiger partial charge in [0.1, 0.15) is 29.2 Å². The van der Waals surface area contributed by atoms with Gasteiger partial charge in [0.25, 0.3) is 0 Å². The molecular weight excluding hydrogens is 372 g/mol. The van der Waals surface area contributed by atoms with Gasteiger partial charge in [-0.2, -0.15) is 10.5 Å². The van der Waals surface area contributed by atoms with Crippen LogP contribution in [0.2, 0.25) is 0 Å². The zero-order valence-electron chi connectivity index (χ0n) is 14.9. The van der Waals surface area contributed by atoms with Crippen LogP contribution in [-0.4, -0.2) is 0 Å². The van der Waals surface area contributed by atoms with Gasteiger partial charge >= 0.3 is 0 Å². The molecule has 1 aliphatic heterocycles. The summed E-state index contributed by atoms with van der Waals surface area (Å²) in [5.74, 6) is 1.17. The highest BCUT2D eigenvalue weighted by atomic mass is 32.1. The van der Waals surface area contributed by atoms with Gasteiger partial charge < -0.3 is 4.74 Å². The molecule has 0 bridgehead atoms. The molecule has 0 saturated heterocycles. The van der Waals surface area contributed by atoms with Crippen LogP contribution >= 0.6 is 22.7 Å². The Morgan fingerprint density at radius 2 is 1.30 bits per heavy atom. The summed E-state index contributed by atoms with van der Waals surface area (Å²) < 4.78 is 5.92. The van der Waals surface area contributed by atoms with Crippen LogP contribution in [0.1, 0.15) is 19.5 Å². The predicted octanol–water partition coefficient (Wildman–Crippen LogP) is 6.29. The van der Waals surface area contributed by atoms with Crippen LogP contribution in [0.4, 0.5) is 0 Å². The largest absolute Gasteiger partial charge is 0.457 e. The second-order valence-corrected chi connectivity index (χ2v) is 8.45. The van der Waals surface area contributed by atoms with Gasteiger partial charge in [0.15, 0.2) is 0 Å². The summed E-state index contributed by atoms with van der Waals surface area (Å²) in [4.78, 5) is 4.70. The highest BCUT2D eigenvalue weighted by Crippen LogP contribution is 2.26. The molecule has 0 unspecified atom stereocenters. The maximum absolute atomic E-state index is 9.21. The van der Waals surface area contributed by atoms with Gasteiger partial charge in [-0.05, 0) is 74.6 Å². The van der Waals surface area contributed by atoms with Crippen molar-refractivity contribution in [3.63, 3.8) is 0 Å². The third kappa shape index (κ3) is 4.95. The van der Waals surface area contributed by atoms with E-state index in [1.54, 1.807) is 34.8 Å². The second kappa shape index (κ2) is 8.51. The number of allylic oxidation sites excluding steroid dienone is 6. The molecule has 3 rings (SSSR count). The van der Waals surface area contributed by atoms with Crippen LogP contribution in [0, 0.1) is 36.5 Å². The number of thiophene rings is 2. The minimum absolute atomic E-state index is 0.0639. The average Bonchev–Trinajstić information content (AvgIpc) is 3.27. The molecule has 2 aromatic rings. The molecule has 0 radical (unpaired) electrons. The van der Waals surface area contributed by atoms with Crippen molar-refractivity contribution in [2.45, 2.75) is 13.8 Å². The number of hydrogen-bond donors (Lipinski definition) is 0. The smallest absolute Gasteiger partial charge is 0.137 e. The molecule has 0 aromatic carbocycles. The molecule has 0 amide bonds. The van der Waals surface area contributed by atoms with Crippen LogP contribution in [0.25, 0.3) is 12.2 Å². The Kier molecular flexibility index (Phi) is 5.88. The number of rotatable bonds is 4. The Labute approximate surface area is 166 Å². The SMILES string of the molecule is Cc1ccc(C=CC2=CC(=C(C#N)C#N)C=C(C=Cc3ccc(C)s3)O2)s1. The van der Waals surface area contributed by atoms with Crippen molar-refractivity contribution in [1.29, 1.82) is 10.5 Å². The quantitative estimate of drug-likeness (QED) is 0.578. The molecule has 1 aliphatic rings. The van der Waals surface area contributed by atoms with Gasteiger partial charge in [0, 0.05) is 25.1 Å². The van der Waals surface area contributed by atoms with Gasteiger partial charge in [0.05, 0.1) is 0 Å². The Morgan fingerprint density at radius 3 is 1.67 bits per heavy atom. The second-order valence-electron chi connectivity index (χ2n) is 5.81. The lowest BCUT2D eigenvalue weighted by atomic mass is 10.1. The van der Waals surface area contributed by atoms with Crippen molar-refractivity contribution < 1.29 is 4.74 Å². The van der Waals surface area contributed by atoms with Crippen LogP contribution in [0.15, 0.2) is 71.2 Å². The fourth-order valence-electron chi connectivity index (χ4n) is 2.42. The number of aryl methyl sites for hydroxylation is 2. The third-order valence-corrected chi connectivity index (χ3v) is 5.62. The standard InChI is InChI=1S/C22H16N2OS2/c1-15-3-7-21(26-15)9-5-19-11-17(18(13-23)14-24)12-20(25-19)6-10-22-8-4-16(2)27-22/h3-12H,1-2H3. The number of nitriles is 2. The molecule has 3 heterocycles. The molecule has 0 saturated carbocycles. The summed E-state index contributed by atoms with van der Waals surface area (Å²) in [6.07, 6.45) is 11.1. The summed E-state index contributed by atoms with van der Waals surface area (Å²) in [5.41, 5.74) is 0.615. The summed E-state index contributed by atoms with van der Waals surface area (Å²) in [7, 11) is 0. The lowest BCUT2D eigenvalue weighted by Crippen LogP contribution is -1.98. The Bertz CT molecular complexity index is 1010. The first-order valence-electron chi connectivity index (χ1n) is 8.22. The number of ether oxygens (including phenoxy) is 1. The maximum Gasteiger partial charge on any atom is 0.137 e. The van der Waals surface area contributed by atoms with Crippen LogP contribution in [-0.2, 0) is 4.74 Å². The normalized spacial score (nSPS) is 13.9. The Morgan fingerprint density at radius 1 is 0.815 bits per heavy atom. The molecule has 5 heteroatoms. The summed E-state index contributed by atoms with van der Waals surface area (Å²) in [6, 6.07) is 12.1. The monoisotopic (exact) mass is 388 g/mol. The first-order valence-corrected chi connectivity index (χ1v) is 9.85. The molecule has 0 atom stereocenters. The molecule has 2 aromatic heterocycles. The van der Waals surface area contributed by atoms with Crippen LogP contribution in [0.3, 0.4) is 0 Å². The number of hydrogen-bond acceptors (Lipinski definition) is 5. The zero-order valence-corrected chi connectivity index (χ0v) is 16.5. The van der Waals surface area contributed by atoms with Crippen LogP contribution in [0.5, 0.6) is 0 Å². The molecule has 0 fully saturated rings. The number of nitrogens with zero attached hydrogens (tertiary/aromatic N) is 2. The Hall–Kier alpha value is -3.12. The topological polar surface area (TPSA) is 56.8 Å². The van der Waals surface area contributed by atoms with Crippen molar-refractivity contribution in [2.75, 3.05) is 0 Å². The van der Waals surface area contributed by atoms with E-state index in [1.807, 2.05) is 48.6 Å². The predicted molar refractivity (Wildman–Crippen MR) is 112 cm³/mol. The van der Waals surface area contributed by atoms with Gasteiger partial charge in [0.2, 0.25) is 0 Å². The van der Waals surface area contributed by atoms with E-state index in [1.165, 1.54) is 9.75 Å². The first-order chi connectivity index (χ1) is 13.1. The van der Waals surface area contributed by atoms with E-state index in [2.05, 4.69) is 26.0 Å². The fraction of sp³-hybridized carbons (Fsp3) is 0.0909. The van der Waals surface area contributed by atoms with E-state index in [9.17, 15) is 10.5 Å². The summed E-state index contributed by atoms with van der Waals surface area (Å²) >= 11 is 3.38. The lowest BCUT2D eigenvalue weighted by Gasteiger charge is -2.13. The first kappa shape index (κ1) is 18.7. The minimum atomic E-state index is 0.0639. The maximum atomic E-state index is 9.21. The zero-order chi connectivity index (χ0) is 19.2. The van der Waals surface area contributed by atoms with E-state index >= 15 is 0 Å². The van der Waals surface area contributed by atoms with E-state index in [-0.39, 0.29) is 5.57 Å². The Balaban J connectivity index is 1.90. The summed E-state index contributed by atoms with van der Waals surface area (Å²) in [6.45, 7) is 4.12. The van der Waals surface area contributed by atoms with Crippen molar-refractivity contribution in [3.05, 3.63) is 90.7 Å². The van der Waals surface area contributed by atoms with Gasteiger partial charge in [-0.25, -0.2) is 0 Å². The minimum Gasteiger partial charge on any atom is -0.457 e. The van der Waals surface area contributed by atoms with Crippen molar-refractivity contribution in [3.8, 4) is 12.1 Å². The van der Waals surface area contributed by atoms with Gasteiger partial charge in [-0.1, -0.05) is 0 Å². The molecule has 0 spiro atoms. The molecule has 132 valence electrons.